The lowest BCUT2D eigenvalue weighted by Crippen LogP contribution is -2.24. The lowest BCUT2D eigenvalue weighted by atomic mass is 9.99. The summed E-state index contributed by atoms with van der Waals surface area (Å²) in [5.74, 6) is 0.759. The van der Waals surface area contributed by atoms with Crippen LogP contribution >= 0.6 is 11.3 Å². The Bertz CT molecular complexity index is 1280. The number of hydrogen-bond acceptors (Lipinski definition) is 4. The molecule has 4 rings (SSSR count). The Morgan fingerprint density at radius 1 is 0.935 bits per heavy atom. The van der Waals surface area contributed by atoms with Gasteiger partial charge in [0.1, 0.15) is 4.83 Å². The normalized spacial score (nSPS) is 11.5. The van der Waals surface area contributed by atoms with Gasteiger partial charge in [-0.1, -0.05) is 76.2 Å². The molecule has 2 aromatic heterocycles. The van der Waals surface area contributed by atoms with E-state index in [4.69, 9.17) is 0 Å². The second-order valence-corrected chi connectivity index (χ2v) is 9.34. The second-order valence-electron chi connectivity index (χ2n) is 8.48. The predicted octanol–water partition coefficient (Wildman–Crippen LogP) is 6.25. The Morgan fingerprint density at radius 3 is 2.10 bits per heavy atom. The second kappa shape index (κ2) is 8.60. The van der Waals surface area contributed by atoms with E-state index in [9.17, 15) is 9.59 Å². The van der Waals surface area contributed by atoms with Crippen molar-refractivity contribution < 1.29 is 4.79 Å². The molecule has 2 aromatic carbocycles. The van der Waals surface area contributed by atoms with Crippen molar-refractivity contribution in [3.63, 3.8) is 0 Å². The molecule has 5 heteroatoms. The van der Waals surface area contributed by atoms with E-state index in [0.29, 0.717) is 27.6 Å². The smallest absolute Gasteiger partial charge is 0.263 e. The first-order chi connectivity index (χ1) is 14.8. The van der Waals surface area contributed by atoms with Crippen LogP contribution in [0, 0.1) is 0 Å². The highest BCUT2D eigenvalue weighted by Crippen LogP contribution is 2.31. The molecule has 0 aliphatic carbocycles. The van der Waals surface area contributed by atoms with Gasteiger partial charge in [0, 0.05) is 16.5 Å². The zero-order valence-electron chi connectivity index (χ0n) is 18.3. The lowest BCUT2D eigenvalue weighted by Gasteiger charge is -2.09. The molecule has 0 atom stereocenters. The number of aromatic nitrogens is 2. The molecule has 2 heterocycles. The van der Waals surface area contributed by atoms with Crippen molar-refractivity contribution in [2.75, 3.05) is 0 Å². The van der Waals surface area contributed by atoms with Gasteiger partial charge in [-0.2, -0.15) is 0 Å². The summed E-state index contributed by atoms with van der Waals surface area (Å²) in [7, 11) is 0. The summed E-state index contributed by atoms with van der Waals surface area (Å²) in [6, 6.07) is 15.9. The molecular weight excluding hydrogens is 404 g/mol. The number of nitrogens with zero attached hydrogens (tertiary/aromatic N) is 2. The summed E-state index contributed by atoms with van der Waals surface area (Å²) in [5.41, 5.74) is 4.72. The van der Waals surface area contributed by atoms with Gasteiger partial charge in [0.25, 0.3) is 5.56 Å². The summed E-state index contributed by atoms with van der Waals surface area (Å²) in [4.78, 5) is 31.2. The van der Waals surface area contributed by atoms with Crippen molar-refractivity contribution in [1.82, 2.24) is 9.55 Å². The van der Waals surface area contributed by atoms with Crippen LogP contribution in [-0.4, -0.2) is 15.3 Å². The third-order valence-corrected chi connectivity index (χ3v) is 6.55. The van der Waals surface area contributed by atoms with Crippen LogP contribution in [-0.2, 0) is 6.54 Å². The number of Topliss-reactive ketones (excluding diaryl/α,β-unsaturated/α-hetero) is 1. The van der Waals surface area contributed by atoms with Crippen molar-refractivity contribution >= 4 is 27.3 Å². The van der Waals surface area contributed by atoms with Gasteiger partial charge in [-0.05, 0) is 28.5 Å². The molecule has 0 saturated carbocycles. The summed E-state index contributed by atoms with van der Waals surface area (Å²) in [6.45, 7) is 8.53. The monoisotopic (exact) mass is 430 g/mol. The van der Waals surface area contributed by atoms with Gasteiger partial charge in [0.05, 0.1) is 18.3 Å². The Hall–Kier alpha value is -3.05. The van der Waals surface area contributed by atoms with Crippen molar-refractivity contribution in [2.24, 2.45) is 0 Å². The molecule has 0 N–H and O–H groups in total. The standard InChI is InChI=1S/C26H26N2O2S/c1-16(2)18-5-9-20(10-6-18)22-14-31-25-24(22)26(30)28(15-27-25)13-23(29)21-11-7-19(8-12-21)17(3)4/h5-12,14-17H,13H2,1-4H3. The highest BCUT2D eigenvalue weighted by molar-refractivity contribution is 7.17. The van der Waals surface area contributed by atoms with Crippen molar-refractivity contribution in [3.05, 3.63) is 87.3 Å². The van der Waals surface area contributed by atoms with Crippen LogP contribution in [0.25, 0.3) is 21.3 Å². The van der Waals surface area contributed by atoms with Crippen LogP contribution in [0.4, 0.5) is 0 Å². The Balaban J connectivity index is 1.67. The molecule has 0 spiro atoms. The number of carbonyl (C=O) groups is 1. The van der Waals surface area contributed by atoms with Crippen LogP contribution < -0.4 is 5.56 Å². The molecule has 31 heavy (non-hydrogen) atoms. The fraction of sp³-hybridized carbons (Fsp3) is 0.269. The van der Waals surface area contributed by atoms with Crippen molar-refractivity contribution in [3.8, 4) is 11.1 Å². The molecule has 158 valence electrons. The number of benzene rings is 2. The van der Waals surface area contributed by atoms with Crippen molar-refractivity contribution in [2.45, 2.75) is 46.1 Å². The van der Waals surface area contributed by atoms with E-state index in [1.807, 2.05) is 29.6 Å². The van der Waals surface area contributed by atoms with E-state index in [-0.39, 0.29) is 17.9 Å². The number of rotatable bonds is 6. The van der Waals surface area contributed by atoms with Crippen LogP contribution in [0.5, 0.6) is 0 Å². The van der Waals surface area contributed by atoms with Gasteiger partial charge in [-0.25, -0.2) is 4.98 Å². The van der Waals surface area contributed by atoms with Gasteiger partial charge in [0.2, 0.25) is 0 Å². The number of ketones is 1. The van der Waals surface area contributed by atoms with Crippen LogP contribution in [0.3, 0.4) is 0 Å². The Kier molecular flexibility index (Phi) is 5.88. The molecule has 0 amide bonds. The third-order valence-electron chi connectivity index (χ3n) is 5.66. The van der Waals surface area contributed by atoms with Crippen LogP contribution in [0.2, 0.25) is 0 Å². The van der Waals surface area contributed by atoms with Crippen LogP contribution in [0.1, 0.15) is 61.0 Å². The van der Waals surface area contributed by atoms with E-state index in [1.54, 1.807) is 0 Å². The summed E-state index contributed by atoms with van der Waals surface area (Å²) in [6.07, 6.45) is 1.48. The first-order valence-corrected chi connectivity index (χ1v) is 11.4. The van der Waals surface area contributed by atoms with Crippen LogP contribution in [0.15, 0.2) is 65.0 Å². The summed E-state index contributed by atoms with van der Waals surface area (Å²) < 4.78 is 1.42. The van der Waals surface area contributed by atoms with E-state index in [2.05, 4.69) is 56.9 Å². The first kappa shape index (κ1) is 21.2. The highest BCUT2D eigenvalue weighted by atomic mass is 32.1. The molecule has 4 nitrogen and oxygen atoms in total. The van der Waals surface area contributed by atoms with Crippen molar-refractivity contribution in [1.29, 1.82) is 0 Å². The van der Waals surface area contributed by atoms with Gasteiger partial charge in [-0.3, -0.25) is 14.2 Å². The quantitative estimate of drug-likeness (QED) is 0.340. The fourth-order valence-corrected chi connectivity index (χ4v) is 4.55. The van der Waals surface area contributed by atoms with Gasteiger partial charge in [0.15, 0.2) is 5.78 Å². The molecule has 0 saturated heterocycles. The zero-order chi connectivity index (χ0) is 22.1. The van der Waals surface area contributed by atoms with Gasteiger partial charge >= 0.3 is 0 Å². The number of thiophene rings is 1. The van der Waals surface area contributed by atoms with E-state index in [0.717, 1.165) is 11.1 Å². The molecule has 0 fully saturated rings. The minimum absolute atomic E-state index is 0.0234. The first-order valence-electron chi connectivity index (χ1n) is 10.5. The maximum atomic E-state index is 13.2. The molecular formula is C26H26N2O2S. The number of hydrogen-bond donors (Lipinski definition) is 0. The molecule has 0 radical (unpaired) electrons. The number of carbonyl (C=O) groups excluding carboxylic acids is 1. The third kappa shape index (κ3) is 4.23. The molecule has 0 unspecified atom stereocenters. The molecule has 0 aliphatic rings. The average molecular weight is 431 g/mol. The maximum Gasteiger partial charge on any atom is 0.263 e. The van der Waals surface area contributed by atoms with E-state index >= 15 is 0 Å². The van der Waals surface area contributed by atoms with Gasteiger partial charge in [-0.15, -0.1) is 11.3 Å². The molecule has 4 aromatic rings. The topological polar surface area (TPSA) is 52.0 Å². The van der Waals surface area contributed by atoms with Gasteiger partial charge < -0.3 is 0 Å². The SMILES string of the molecule is CC(C)c1ccc(C(=O)Cn2cnc3scc(-c4ccc(C(C)C)cc4)c3c2=O)cc1. The summed E-state index contributed by atoms with van der Waals surface area (Å²) >= 11 is 1.45. The largest absolute Gasteiger partial charge is 0.292 e. The lowest BCUT2D eigenvalue weighted by molar-refractivity contribution is 0.0970. The number of fused-ring (bicyclic) bond motifs is 1. The average Bonchev–Trinajstić information content (AvgIpc) is 3.20. The maximum absolute atomic E-state index is 13.2. The fourth-order valence-electron chi connectivity index (χ4n) is 3.64. The Labute approximate surface area is 186 Å². The van der Waals surface area contributed by atoms with E-state index in [1.165, 1.54) is 33.4 Å². The summed E-state index contributed by atoms with van der Waals surface area (Å²) in [5, 5.41) is 2.55. The predicted molar refractivity (Wildman–Crippen MR) is 128 cm³/mol. The highest BCUT2D eigenvalue weighted by Gasteiger charge is 2.16. The Morgan fingerprint density at radius 2 is 1.52 bits per heavy atom. The minimum atomic E-state index is -0.179. The minimum Gasteiger partial charge on any atom is -0.292 e. The zero-order valence-corrected chi connectivity index (χ0v) is 19.1. The molecule has 0 aliphatic heterocycles. The van der Waals surface area contributed by atoms with E-state index < -0.39 is 0 Å². The molecule has 0 bridgehead atoms.